The summed E-state index contributed by atoms with van der Waals surface area (Å²) in [4.78, 5) is 25.6. The largest absolute Gasteiger partial charge is 0.483 e. The Hall–Kier alpha value is -3.12. The second-order valence-corrected chi connectivity index (χ2v) is 10.1. The highest BCUT2D eigenvalue weighted by Crippen LogP contribution is 2.37. The molecule has 0 saturated carbocycles. The molecule has 0 aliphatic heterocycles. The molecule has 1 aromatic heterocycles. The van der Waals surface area contributed by atoms with E-state index in [-0.39, 0.29) is 24.5 Å². The summed E-state index contributed by atoms with van der Waals surface area (Å²) in [5.74, 6) is -0.106. The van der Waals surface area contributed by atoms with Crippen LogP contribution < -0.4 is 10.1 Å². The Morgan fingerprint density at radius 2 is 1.74 bits per heavy atom. The highest BCUT2D eigenvalue weighted by Gasteiger charge is 2.24. The van der Waals surface area contributed by atoms with E-state index in [1.165, 1.54) is 16.9 Å². The van der Waals surface area contributed by atoms with Gasteiger partial charge < -0.3 is 14.8 Å². The molecule has 180 valence electrons. The Morgan fingerprint density at radius 1 is 1.03 bits per heavy atom. The number of ether oxygens (including phenoxy) is 2. The number of carbonyl (C=O) groups is 2. The van der Waals surface area contributed by atoms with E-state index in [0.29, 0.717) is 16.3 Å². The van der Waals surface area contributed by atoms with Crippen molar-refractivity contribution in [3.05, 3.63) is 70.1 Å². The molecule has 0 fully saturated rings. The third kappa shape index (κ3) is 6.06. The number of thiophene rings is 1. The predicted octanol–water partition coefficient (Wildman–Crippen LogP) is 6.78. The first-order valence-corrected chi connectivity index (χ1v) is 12.4. The van der Waals surface area contributed by atoms with Gasteiger partial charge in [0.1, 0.15) is 16.3 Å². The van der Waals surface area contributed by atoms with Crippen molar-refractivity contribution in [3.63, 3.8) is 0 Å². The number of aryl methyl sites for hydroxylation is 2. The minimum Gasteiger partial charge on any atom is -0.483 e. The average molecular weight is 480 g/mol. The van der Waals surface area contributed by atoms with Crippen molar-refractivity contribution in [1.82, 2.24) is 0 Å². The van der Waals surface area contributed by atoms with Crippen LogP contribution >= 0.6 is 11.3 Å². The second kappa shape index (κ2) is 10.9. The van der Waals surface area contributed by atoms with Crippen molar-refractivity contribution in [2.45, 2.75) is 53.4 Å². The number of amides is 1. The summed E-state index contributed by atoms with van der Waals surface area (Å²) in [6, 6.07) is 14.0. The Kier molecular flexibility index (Phi) is 8.15. The van der Waals surface area contributed by atoms with Crippen LogP contribution in [0.3, 0.4) is 0 Å². The molecular formula is C28H33NO4S. The van der Waals surface area contributed by atoms with Gasteiger partial charge in [-0.05, 0) is 48.4 Å². The van der Waals surface area contributed by atoms with E-state index in [2.05, 4.69) is 39.1 Å². The molecule has 34 heavy (non-hydrogen) atoms. The molecule has 0 spiro atoms. The van der Waals surface area contributed by atoms with E-state index in [9.17, 15) is 9.59 Å². The van der Waals surface area contributed by atoms with Gasteiger partial charge in [-0.3, -0.25) is 4.79 Å². The zero-order valence-electron chi connectivity index (χ0n) is 20.8. The molecule has 0 aliphatic carbocycles. The van der Waals surface area contributed by atoms with Crippen LogP contribution in [0.1, 0.15) is 61.7 Å². The number of rotatable bonds is 8. The molecule has 0 aliphatic rings. The number of carbonyl (C=O) groups excluding carboxylic acids is 2. The standard InChI is InChI=1S/C28H33NO4S/c1-7-19-10-12-20(13-11-19)21-17-34-26(25(21)27(31)32-8-2)29-24(30)16-33-23-14-9-18(3)15-22(23)28(4,5)6/h9-15,17H,7-8,16H2,1-6H3,(H,29,30). The Labute approximate surface area is 206 Å². The number of anilines is 1. The predicted molar refractivity (Wildman–Crippen MR) is 139 cm³/mol. The summed E-state index contributed by atoms with van der Waals surface area (Å²) < 4.78 is 11.2. The third-order valence-electron chi connectivity index (χ3n) is 5.50. The lowest BCUT2D eigenvalue weighted by molar-refractivity contribution is -0.118. The highest BCUT2D eigenvalue weighted by molar-refractivity contribution is 7.15. The smallest absolute Gasteiger partial charge is 0.341 e. The molecule has 6 heteroatoms. The molecule has 2 aromatic carbocycles. The number of benzene rings is 2. The Balaban J connectivity index is 1.82. The van der Waals surface area contributed by atoms with E-state index < -0.39 is 5.97 Å². The molecule has 1 N–H and O–H groups in total. The summed E-state index contributed by atoms with van der Waals surface area (Å²) in [5.41, 5.74) is 5.30. The lowest BCUT2D eigenvalue weighted by Gasteiger charge is -2.23. The van der Waals surface area contributed by atoms with E-state index >= 15 is 0 Å². The molecule has 1 amide bonds. The molecule has 0 bridgehead atoms. The quantitative estimate of drug-likeness (QED) is 0.362. The summed E-state index contributed by atoms with van der Waals surface area (Å²) in [5, 5.41) is 5.19. The minimum atomic E-state index is -0.455. The Bertz CT molecular complexity index is 1160. The van der Waals surface area contributed by atoms with Gasteiger partial charge in [0.05, 0.1) is 6.61 Å². The van der Waals surface area contributed by atoms with Crippen LogP contribution in [0, 0.1) is 6.92 Å². The topological polar surface area (TPSA) is 64.6 Å². The van der Waals surface area contributed by atoms with Crippen molar-refractivity contribution in [2.24, 2.45) is 0 Å². The summed E-state index contributed by atoms with van der Waals surface area (Å²) in [7, 11) is 0. The van der Waals surface area contributed by atoms with E-state index in [1.54, 1.807) is 6.92 Å². The molecule has 0 unspecified atom stereocenters. The van der Waals surface area contributed by atoms with Crippen LogP contribution in [-0.2, 0) is 21.4 Å². The Morgan fingerprint density at radius 3 is 2.35 bits per heavy atom. The van der Waals surface area contributed by atoms with Crippen LogP contribution in [0.4, 0.5) is 5.00 Å². The summed E-state index contributed by atoms with van der Waals surface area (Å²) >= 11 is 1.31. The number of nitrogens with one attached hydrogen (secondary N) is 1. The van der Waals surface area contributed by atoms with E-state index in [1.807, 2.05) is 48.7 Å². The second-order valence-electron chi connectivity index (χ2n) is 9.21. The average Bonchev–Trinajstić information content (AvgIpc) is 3.21. The van der Waals surface area contributed by atoms with E-state index in [4.69, 9.17) is 9.47 Å². The highest BCUT2D eigenvalue weighted by atomic mass is 32.1. The van der Waals surface area contributed by atoms with E-state index in [0.717, 1.165) is 28.7 Å². The van der Waals surface area contributed by atoms with Crippen LogP contribution in [0.5, 0.6) is 5.75 Å². The monoisotopic (exact) mass is 479 g/mol. The van der Waals surface area contributed by atoms with Crippen molar-refractivity contribution in [2.75, 3.05) is 18.5 Å². The SMILES string of the molecule is CCOC(=O)c1c(-c2ccc(CC)cc2)csc1NC(=O)COc1ccc(C)cc1C(C)(C)C. The fraction of sp³-hybridized carbons (Fsp3) is 0.357. The van der Waals surface area contributed by atoms with Crippen LogP contribution in [-0.4, -0.2) is 25.1 Å². The lowest BCUT2D eigenvalue weighted by Crippen LogP contribution is -2.22. The first kappa shape index (κ1) is 25.5. The lowest BCUT2D eigenvalue weighted by atomic mass is 9.85. The van der Waals surface area contributed by atoms with Gasteiger partial charge in [0, 0.05) is 10.9 Å². The maximum absolute atomic E-state index is 12.8. The summed E-state index contributed by atoms with van der Waals surface area (Å²) in [6.45, 7) is 12.3. The van der Waals surface area contributed by atoms with Gasteiger partial charge in [-0.25, -0.2) is 4.79 Å². The van der Waals surface area contributed by atoms with Crippen LogP contribution in [0.25, 0.3) is 11.1 Å². The molecule has 3 aromatic rings. The van der Waals surface area contributed by atoms with Crippen molar-refractivity contribution >= 4 is 28.2 Å². The third-order valence-corrected chi connectivity index (χ3v) is 6.39. The number of esters is 1. The maximum Gasteiger partial charge on any atom is 0.341 e. The molecule has 3 rings (SSSR count). The summed E-state index contributed by atoms with van der Waals surface area (Å²) in [6.07, 6.45) is 0.938. The molecule has 5 nitrogen and oxygen atoms in total. The minimum absolute atomic E-state index is 0.120. The van der Waals surface area contributed by atoms with Crippen LogP contribution in [0.2, 0.25) is 0 Å². The van der Waals surface area contributed by atoms with Gasteiger partial charge >= 0.3 is 5.97 Å². The molecular weight excluding hydrogens is 446 g/mol. The molecule has 0 atom stereocenters. The van der Waals surface area contributed by atoms with Crippen molar-refractivity contribution in [3.8, 4) is 16.9 Å². The molecule has 1 heterocycles. The first-order chi connectivity index (χ1) is 16.1. The fourth-order valence-corrected chi connectivity index (χ4v) is 4.62. The zero-order valence-corrected chi connectivity index (χ0v) is 21.6. The zero-order chi connectivity index (χ0) is 24.9. The van der Waals surface area contributed by atoms with Gasteiger partial charge in [-0.15, -0.1) is 11.3 Å². The van der Waals surface area contributed by atoms with Crippen molar-refractivity contribution in [1.29, 1.82) is 0 Å². The number of hydrogen-bond donors (Lipinski definition) is 1. The maximum atomic E-state index is 12.8. The number of hydrogen-bond acceptors (Lipinski definition) is 5. The van der Waals surface area contributed by atoms with Gasteiger partial charge in [-0.1, -0.05) is 69.7 Å². The van der Waals surface area contributed by atoms with Gasteiger partial charge in [-0.2, -0.15) is 0 Å². The van der Waals surface area contributed by atoms with Gasteiger partial charge in [0.15, 0.2) is 6.61 Å². The van der Waals surface area contributed by atoms with Crippen molar-refractivity contribution < 1.29 is 19.1 Å². The van der Waals surface area contributed by atoms with Crippen LogP contribution in [0.15, 0.2) is 47.8 Å². The normalized spacial score (nSPS) is 11.2. The molecule has 0 radical (unpaired) electrons. The van der Waals surface area contributed by atoms with Gasteiger partial charge in [0.2, 0.25) is 0 Å². The first-order valence-electron chi connectivity index (χ1n) is 11.6. The fourth-order valence-electron chi connectivity index (χ4n) is 3.65. The molecule has 0 saturated heterocycles. The van der Waals surface area contributed by atoms with Gasteiger partial charge in [0.25, 0.3) is 5.91 Å².